The highest BCUT2D eigenvalue weighted by atomic mass is 16.4. The Morgan fingerprint density at radius 1 is 1.24 bits per heavy atom. The van der Waals surface area contributed by atoms with Gasteiger partial charge in [-0.1, -0.05) is 31.0 Å². The molecule has 0 spiro atoms. The molecular weight excluding hydrogens is 268 g/mol. The van der Waals surface area contributed by atoms with Crippen LogP contribution >= 0.6 is 0 Å². The lowest BCUT2D eigenvalue weighted by Gasteiger charge is -2.25. The van der Waals surface area contributed by atoms with E-state index in [-0.39, 0.29) is 5.91 Å². The zero-order valence-corrected chi connectivity index (χ0v) is 11.9. The van der Waals surface area contributed by atoms with Gasteiger partial charge >= 0.3 is 5.97 Å². The second-order valence-corrected chi connectivity index (χ2v) is 5.72. The topological polar surface area (TPSA) is 82.2 Å². The summed E-state index contributed by atoms with van der Waals surface area (Å²) < 4.78 is 0. The van der Waals surface area contributed by atoms with E-state index >= 15 is 0 Å². The van der Waals surface area contributed by atoms with Crippen LogP contribution in [0.4, 0.5) is 0 Å². The normalized spacial score (nSPS) is 17.0. The van der Waals surface area contributed by atoms with E-state index in [0.717, 1.165) is 29.4 Å². The lowest BCUT2D eigenvalue weighted by molar-refractivity contribution is -0.144. The standard InChI is InChI=1S/C16H18N2O3/c1-10-13(11-6-2-3-7-12(11)17-10)14(19)18-16(15(20)21)8-4-5-9-16/h2-3,6-7,17H,4-5,8-9H2,1H3,(H,18,19)(H,20,21). The van der Waals surface area contributed by atoms with Crippen molar-refractivity contribution in [2.75, 3.05) is 0 Å². The first-order valence-corrected chi connectivity index (χ1v) is 7.17. The molecule has 1 saturated carbocycles. The number of carboxylic acid groups (broad SMARTS) is 1. The molecule has 1 aliphatic carbocycles. The number of carbonyl (C=O) groups excluding carboxylic acids is 1. The van der Waals surface area contributed by atoms with Crippen LogP contribution in [0.1, 0.15) is 41.7 Å². The summed E-state index contributed by atoms with van der Waals surface area (Å²) in [5.41, 5.74) is 1.07. The predicted octanol–water partition coefficient (Wildman–Crippen LogP) is 2.60. The first kappa shape index (κ1) is 13.7. The van der Waals surface area contributed by atoms with Gasteiger partial charge in [0.15, 0.2) is 0 Å². The number of aryl methyl sites for hydroxylation is 1. The van der Waals surface area contributed by atoms with Gasteiger partial charge in [0.05, 0.1) is 5.56 Å². The summed E-state index contributed by atoms with van der Waals surface area (Å²) in [6, 6.07) is 7.54. The molecule has 2 aromatic rings. The summed E-state index contributed by atoms with van der Waals surface area (Å²) in [5, 5.41) is 13.1. The molecule has 0 unspecified atom stereocenters. The van der Waals surface area contributed by atoms with Crippen molar-refractivity contribution in [3.05, 3.63) is 35.5 Å². The maximum absolute atomic E-state index is 12.6. The van der Waals surface area contributed by atoms with E-state index in [2.05, 4.69) is 10.3 Å². The SMILES string of the molecule is Cc1[nH]c2ccccc2c1C(=O)NC1(C(=O)O)CCCC1. The number of hydrogen-bond donors (Lipinski definition) is 3. The number of H-pyrrole nitrogens is 1. The molecule has 0 atom stereocenters. The van der Waals surface area contributed by atoms with Gasteiger partial charge in [-0.3, -0.25) is 4.79 Å². The fraction of sp³-hybridized carbons (Fsp3) is 0.375. The summed E-state index contributed by atoms with van der Waals surface area (Å²) >= 11 is 0. The number of rotatable bonds is 3. The van der Waals surface area contributed by atoms with E-state index in [0.29, 0.717) is 18.4 Å². The van der Waals surface area contributed by atoms with Crippen LogP contribution in [0.3, 0.4) is 0 Å². The third-order valence-corrected chi connectivity index (χ3v) is 4.34. The van der Waals surface area contributed by atoms with Gasteiger partial charge in [0.2, 0.25) is 0 Å². The van der Waals surface area contributed by atoms with Crippen molar-refractivity contribution in [2.24, 2.45) is 0 Å². The van der Waals surface area contributed by atoms with Crippen LogP contribution in [-0.2, 0) is 4.79 Å². The molecule has 110 valence electrons. The minimum Gasteiger partial charge on any atom is -0.480 e. The van der Waals surface area contributed by atoms with E-state index in [9.17, 15) is 14.7 Å². The quantitative estimate of drug-likeness (QED) is 0.811. The Morgan fingerprint density at radius 2 is 1.90 bits per heavy atom. The first-order chi connectivity index (χ1) is 10.0. The summed E-state index contributed by atoms with van der Waals surface area (Å²) in [5.74, 6) is -1.25. The van der Waals surface area contributed by atoms with Crippen molar-refractivity contribution >= 4 is 22.8 Å². The summed E-state index contributed by atoms with van der Waals surface area (Å²) in [4.78, 5) is 27.3. The van der Waals surface area contributed by atoms with Gasteiger partial charge in [-0.15, -0.1) is 0 Å². The van der Waals surface area contributed by atoms with Gasteiger partial charge in [0.25, 0.3) is 5.91 Å². The highest BCUT2D eigenvalue weighted by Crippen LogP contribution is 2.31. The van der Waals surface area contributed by atoms with E-state index in [1.54, 1.807) is 0 Å². The second kappa shape index (κ2) is 4.91. The molecule has 5 heteroatoms. The fourth-order valence-electron chi connectivity index (χ4n) is 3.22. The Balaban J connectivity index is 1.97. The molecule has 1 aromatic heterocycles. The van der Waals surface area contributed by atoms with Crippen molar-refractivity contribution < 1.29 is 14.7 Å². The van der Waals surface area contributed by atoms with E-state index in [1.165, 1.54) is 0 Å². The number of aromatic nitrogens is 1. The van der Waals surface area contributed by atoms with Gasteiger partial charge in [-0.25, -0.2) is 4.79 Å². The predicted molar refractivity (Wildman–Crippen MR) is 79.3 cm³/mol. The molecule has 3 rings (SSSR count). The van der Waals surface area contributed by atoms with Gasteiger partial charge < -0.3 is 15.4 Å². The number of aliphatic carboxylic acids is 1. The van der Waals surface area contributed by atoms with Crippen LogP contribution in [0.15, 0.2) is 24.3 Å². The Hall–Kier alpha value is -2.30. The number of benzene rings is 1. The molecule has 1 heterocycles. The molecule has 0 saturated heterocycles. The van der Waals surface area contributed by atoms with Crippen molar-refractivity contribution in [3.63, 3.8) is 0 Å². The number of aromatic amines is 1. The molecule has 0 bridgehead atoms. The second-order valence-electron chi connectivity index (χ2n) is 5.72. The first-order valence-electron chi connectivity index (χ1n) is 7.17. The molecule has 0 radical (unpaired) electrons. The highest BCUT2D eigenvalue weighted by Gasteiger charge is 2.43. The molecule has 0 aliphatic heterocycles. The average molecular weight is 286 g/mol. The molecule has 5 nitrogen and oxygen atoms in total. The van der Waals surface area contributed by atoms with Gasteiger partial charge in [0, 0.05) is 16.6 Å². The summed E-state index contributed by atoms with van der Waals surface area (Å²) in [6.45, 7) is 1.83. The maximum Gasteiger partial charge on any atom is 0.329 e. The summed E-state index contributed by atoms with van der Waals surface area (Å²) in [7, 11) is 0. The number of carboxylic acids is 1. The highest BCUT2D eigenvalue weighted by molar-refractivity contribution is 6.09. The minimum atomic E-state index is -1.11. The molecule has 21 heavy (non-hydrogen) atoms. The summed E-state index contributed by atoms with van der Waals surface area (Å²) in [6.07, 6.45) is 2.66. The van der Waals surface area contributed by atoms with Crippen LogP contribution in [0.5, 0.6) is 0 Å². The van der Waals surface area contributed by atoms with E-state index in [4.69, 9.17) is 0 Å². The Morgan fingerprint density at radius 3 is 2.57 bits per heavy atom. The number of carbonyl (C=O) groups is 2. The van der Waals surface area contributed by atoms with Crippen LogP contribution in [-0.4, -0.2) is 27.5 Å². The molecule has 1 amide bonds. The van der Waals surface area contributed by atoms with Crippen molar-refractivity contribution in [3.8, 4) is 0 Å². The van der Waals surface area contributed by atoms with Crippen LogP contribution in [0.2, 0.25) is 0 Å². The third kappa shape index (κ3) is 2.18. The molecule has 1 aromatic carbocycles. The lowest BCUT2D eigenvalue weighted by atomic mass is 9.97. The smallest absolute Gasteiger partial charge is 0.329 e. The van der Waals surface area contributed by atoms with Crippen LogP contribution in [0.25, 0.3) is 10.9 Å². The van der Waals surface area contributed by atoms with Crippen molar-refractivity contribution in [1.29, 1.82) is 0 Å². The number of nitrogens with one attached hydrogen (secondary N) is 2. The number of hydrogen-bond acceptors (Lipinski definition) is 2. The largest absolute Gasteiger partial charge is 0.480 e. The number of fused-ring (bicyclic) bond motifs is 1. The fourth-order valence-corrected chi connectivity index (χ4v) is 3.22. The monoisotopic (exact) mass is 286 g/mol. The van der Waals surface area contributed by atoms with Crippen molar-refractivity contribution in [1.82, 2.24) is 10.3 Å². The van der Waals surface area contributed by atoms with Gasteiger partial charge in [0.1, 0.15) is 5.54 Å². The van der Waals surface area contributed by atoms with Crippen LogP contribution < -0.4 is 5.32 Å². The zero-order valence-electron chi connectivity index (χ0n) is 11.9. The minimum absolute atomic E-state index is 0.311. The molecular formula is C16H18N2O3. The number of amides is 1. The Kier molecular flexibility index (Phi) is 3.20. The van der Waals surface area contributed by atoms with E-state index < -0.39 is 11.5 Å². The van der Waals surface area contributed by atoms with Crippen molar-refractivity contribution in [2.45, 2.75) is 38.1 Å². The zero-order chi connectivity index (χ0) is 15.0. The van der Waals surface area contributed by atoms with Gasteiger partial charge in [-0.2, -0.15) is 0 Å². The maximum atomic E-state index is 12.6. The molecule has 1 fully saturated rings. The Bertz CT molecular complexity index is 711. The average Bonchev–Trinajstić information content (AvgIpc) is 3.02. The molecule has 1 aliphatic rings. The molecule has 3 N–H and O–H groups in total. The number of para-hydroxylation sites is 1. The Labute approximate surface area is 122 Å². The van der Waals surface area contributed by atoms with Crippen LogP contribution in [0, 0.1) is 6.92 Å². The third-order valence-electron chi connectivity index (χ3n) is 4.34. The van der Waals surface area contributed by atoms with E-state index in [1.807, 2.05) is 31.2 Å². The van der Waals surface area contributed by atoms with Gasteiger partial charge in [-0.05, 0) is 25.8 Å². The lowest BCUT2D eigenvalue weighted by Crippen LogP contribution is -2.52.